The summed E-state index contributed by atoms with van der Waals surface area (Å²) in [6.45, 7) is 9.73. The molecule has 0 aromatic carbocycles. The molecule has 0 heteroatoms. The van der Waals surface area contributed by atoms with Crippen LogP contribution in [0, 0.1) is 34.0 Å². The lowest BCUT2D eigenvalue weighted by Crippen LogP contribution is -2.26. The highest BCUT2D eigenvalue weighted by atomic mass is 14.9. The molecular formula is C15H20. The zero-order chi connectivity index (χ0) is 10.6. The van der Waals surface area contributed by atoms with Crippen LogP contribution in [0.25, 0.3) is 0 Å². The predicted molar refractivity (Wildman–Crippen MR) is 62.3 cm³/mol. The van der Waals surface area contributed by atoms with Gasteiger partial charge in [0.25, 0.3) is 0 Å². The first-order valence-corrected chi connectivity index (χ1v) is 6.34. The highest BCUT2D eigenvalue weighted by molar-refractivity contribution is 5.51. The summed E-state index contributed by atoms with van der Waals surface area (Å²) in [5.41, 5.74) is 3.47. The van der Waals surface area contributed by atoms with Crippen LogP contribution in [-0.4, -0.2) is 0 Å². The first-order valence-electron chi connectivity index (χ1n) is 6.34. The van der Waals surface area contributed by atoms with Crippen LogP contribution in [0.15, 0.2) is 23.8 Å². The molecule has 4 aliphatic carbocycles. The fourth-order valence-electron chi connectivity index (χ4n) is 5.86. The minimum Gasteiger partial charge on any atom is -0.0833 e. The van der Waals surface area contributed by atoms with Crippen molar-refractivity contribution in [1.29, 1.82) is 0 Å². The van der Waals surface area contributed by atoms with Crippen molar-refractivity contribution >= 4 is 0 Å². The van der Waals surface area contributed by atoms with Gasteiger partial charge >= 0.3 is 0 Å². The summed E-state index contributed by atoms with van der Waals surface area (Å²) in [6.07, 6.45) is 8.85. The van der Waals surface area contributed by atoms with Gasteiger partial charge in [0.2, 0.25) is 0 Å². The van der Waals surface area contributed by atoms with Crippen LogP contribution >= 0.6 is 0 Å². The van der Waals surface area contributed by atoms with E-state index in [1.165, 1.54) is 6.42 Å². The molecule has 0 aliphatic heterocycles. The van der Waals surface area contributed by atoms with Gasteiger partial charge in [0.05, 0.1) is 0 Å². The summed E-state index contributed by atoms with van der Waals surface area (Å²) in [7, 11) is 0. The van der Waals surface area contributed by atoms with Gasteiger partial charge in [-0.3, -0.25) is 0 Å². The molecule has 0 amide bonds. The molecule has 80 valence electrons. The third-order valence-corrected chi connectivity index (χ3v) is 6.25. The molecule has 4 rings (SSSR count). The minimum absolute atomic E-state index is 0.547. The Labute approximate surface area is 92.4 Å². The molecule has 0 nitrogen and oxygen atoms in total. The summed E-state index contributed by atoms with van der Waals surface area (Å²) in [6, 6.07) is 0. The van der Waals surface area contributed by atoms with Crippen molar-refractivity contribution in [2.75, 3.05) is 0 Å². The molecule has 0 radical (unpaired) electrons. The number of allylic oxidation sites excluding steroid dienone is 4. The number of hydrogen-bond donors (Lipinski definition) is 0. The van der Waals surface area contributed by atoms with Crippen LogP contribution in [0.1, 0.15) is 34.1 Å². The minimum atomic E-state index is 0.547. The van der Waals surface area contributed by atoms with Crippen molar-refractivity contribution in [3.05, 3.63) is 23.8 Å². The van der Waals surface area contributed by atoms with Gasteiger partial charge in [-0.1, -0.05) is 44.6 Å². The molecule has 2 saturated carbocycles. The number of hydrogen-bond acceptors (Lipinski definition) is 0. The molecule has 0 saturated heterocycles. The molecule has 6 atom stereocenters. The zero-order valence-corrected chi connectivity index (χ0v) is 10.2. The lowest BCUT2D eigenvalue weighted by molar-refractivity contribution is 0.281. The van der Waals surface area contributed by atoms with E-state index in [2.05, 4.69) is 45.9 Å². The standard InChI is InChI=1S/C15H20/c1-9-7-13(3,8-9)12-10(2)15(12)11-5-6-14(11,15)4/h5-7,10-12H,8H2,1-4H3. The largest absolute Gasteiger partial charge is 0.0833 e. The fourth-order valence-corrected chi connectivity index (χ4v) is 5.86. The zero-order valence-electron chi connectivity index (χ0n) is 10.2. The Morgan fingerprint density at radius 3 is 2.33 bits per heavy atom. The monoisotopic (exact) mass is 200 g/mol. The van der Waals surface area contributed by atoms with Crippen LogP contribution in [0.5, 0.6) is 0 Å². The molecule has 4 aliphatic rings. The Balaban J connectivity index is 1.69. The van der Waals surface area contributed by atoms with Crippen LogP contribution in [-0.2, 0) is 0 Å². The average Bonchev–Trinajstić information content (AvgIpc) is 2.77. The quantitative estimate of drug-likeness (QED) is 0.565. The fraction of sp³-hybridized carbons (Fsp3) is 0.733. The lowest BCUT2D eigenvalue weighted by atomic mass is 9.68. The van der Waals surface area contributed by atoms with E-state index < -0.39 is 0 Å². The summed E-state index contributed by atoms with van der Waals surface area (Å²) < 4.78 is 0. The van der Waals surface area contributed by atoms with Gasteiger partial charge in [-0.25, -0.2) is 0 Å². The molecule has 0 N–H and O–H groups in total. The molecule has 2 fully saturated rings. The maximum Gasteiger partial charge on any atom is -0.000977 e. The van der Waals surface area contributed by atoms with Crippen molar-refractivity contribution in [3.8, 4) is 0 Å². The van der Waals surface area contributed by atoms with Gasteiger partial charge in [-0.05, 0) is 47.3 Å². The molecule has 0 aromatic heterocycles. The maximum atomic E-state index is 2.55. The smallest absolute Gasteiger partial charge is 0.000977 e. The summed E-state index contributed by atoms with van der Waals surface area (Å²) >= 11 is 0. The van der Waals surface area contributed by atoms with Gasteiger partial charge in [0, 0.05) is 0 Å². The van der Waals surface area contributed by atoms with E-state index in [9.17, 15) is 0 Å². The van der Waals surface area contributed by atoms with Crippen LogP contribution < -0.4 is 0 Å². The molecule has 6 unspecified atom stereocenters. The molecule has 0 aromatic rings. The average molecular weight is 200 g/mol. The molecule has 0 heterocycles. The van der Waals surface area contributed by atoms with E-state index in [1.807, 2.05) is 0 Å². The lowest BCUT2D eigenvalue weighted by Gasteiger charge is -2.37. The Morgan fingerprint density at radius 1 is 1.33 bits per heavy atom. The molecule has 0 bridgehead atoms. The first-order chi connectivity index (χ1) is 6.97. The van der Waals surface area contributed by atoms with Gasteiger partial charge in [0.15, 0.2) is 0 Å². The van der Waals surface area contributed by atoms with Crippen LogP contribution in [0.3, 0.4) is 0 Å². The second kappa shape index (κ2) is 1.87. The predicted octanol–water partition coefficient (Wildman–Crippen LogP) is 3.80. The maximum absolute atomic E-state index is 2.55. The second-order valence-electron chi connectivity index (χ2n) is 6.99. The SMILES string of the molecule is CC1=CC(C)(C2C(C)C23C2C=CC23C)C1. The van der Waals surface area contributed by atoms with Crippen molar-refractivity contribution in [1.82, 2.24) is 0 Å². The molecule has 15 heavy (non-hydrogen) atoms. The highest BCUT2D eigenvalue weighted by Gasteiger charge is 2.91. The van der Waals surface area contributed by atoms with E-state index in [4.69, 9.17) is 0 Å². The number of rotatable bonds is 1. The Hall–Kier alpha value is -0.520. The van der Waals surface area contributed by atoms with Gasteiger partial charge in [-0.2, -0.15) is 0 Å². The first kappa shape index (κ1) is 8.61. The van der Waals surface area contributed by atoms with Crippen molar-refractivity contribution < 1.29 is 0 Å². The molecular weight excluding hydrogens is 180 g/mol. The Kier molecular flexibility index (Phi) is 1.08. The van der Waals surface area contributed by atoms with E-state index >= 15 is 0 Å². The van der Waals surface area contributed by atoms with Gasteiger partial charge in [0.1, 0.15) is 0 Å². The van der Waals surface area contributed by atoms with E-state index in [1.54, 1.807) is 5.57 Å². The number of fused-ring (bicyclic) bond motifs is 3. The third-order valence-electron chi connectivity index (χ3n) is 6.25. The van der Waals surface area contributed by atoms with E-state index in [-0.39, 0.29) is 0 Å². The van der Waals surface area contributed by atoms with Crippen LogP contribution in [0.2, 0.25) is 0 Å². The molecule has 1 spiro atoms. The second-order valence-corrected chi connectivity index (χ2v) is 6.99. The Morgan fingerprint density at radius 2 is 1.93 bits per heavy atom. The Bertz CT molecular complexity index is 429. The van der Waals surface area contributed by atoms with E-state index in [0.29, 0.717) is 16.2 Å². The van der Waals surface area contributed by atoms with Gasteiger partial charge in [-0.15, -0.1) is 0 Å². The normalized spacial score (nSPS) is 68.0. The summed E-state index contributed by atoms with van der Waals surface area (Å²) in [5, 5.41) is 0. The van der Waals surface area contributed by atoms with Gasteiger partial charge < -0.3 is 0 Å². The van der Waals surface area contributed by atoms with Crippen molar-refractivity contribution in [2.45, 2.75) is 34.1 Å². The van der Waals surface area contributed by atoms with Crippen molar-refractivity contribution in [3.63, 3.8) is 0 Å². The van der Waals surface area contributed by atoms with Crippen molar-refractivity contribution in [2.24, 2.45) is 34.0 Å². The topological polar surface area (TPSA) is 0 Å². The van der Waals surface area contributed by atoms with Crippen LogP contribution in [0.4, 0.5) is 0 Å². The summed E-state index contributed by atoms with van der Waals surface area (Å²) in [5.74, 6) is 2.87. The highest BCUT2D eigenvalue weighted by Crippen LogP contribution is 2.95. The summed E-state index contributed by atoms with van der Waals surface area (Å²) in [4.78, 5) is 0. The van der Waals surface area contributed by atoms with E-state index in [0.717, 1.165) is 17.8 Å². The third kappa shape index (κ3) is 0.599.